The number of rotatable bonds is 1. The minimum absolute atomic E-state index is 0.0700. The van der Waals surface area contributed by atoms with Crippen LogP contribution in [0.3, 0.4) is 0 Å². The molecule has 3 nitrogen and oxygen atoms in total. The van der Waals surface area contributed by atoms with E-state index in [0.29, 0.717) is 24.1 Å². The first kappa shape index (κ1) is 8.11. The van der Waals surface area contributed by atoms with Crippen LogP contribution in [0, 0.1) is 11.8 Å². The minimum atomic E-state index is -0.0700. The quantitative estimate of drug-likeness (QED) is 0.568. The molecule has 0 aliphatic carbocycles. The molecular weight excluding hydrogens is 140 g/mol. The number of nitrogens with two attached hydrogens (primary N) is 1. The molecule has 0 saturated heterocycles. The van der Waals surface area contributed by atoms with Gasteiger partial charge in [-0.1, -0.05) is 13.8 Å². The minimum Gasteiger partial charge on any atom is -0.402 e. The lowest BCUT2D eigenvalue weighted by molar-refractivity contribution is -0.117. The Morgan fingerprint density at radius 3 is 2.82 bits per heavy atom. The predicted octanol–water partition coefficient (Wildman–Crippen LogP) is 0.231. The van der Waals surface area contributed by atoms with Gasteiger partial charge in [0.05, 0.1) is 0 Å². The average molecular weight is 154 g/mol. The van der Waals surface area contributed by atoms with Crippen LogP contribution in [-0.4, -0.2) is 12.5 Å². The third-order valence-electron chi connectivity index (χ3n) is 2.03. The van der Waals surface area contributed by atoms with Crippen LogP contribution in [-0.2, 0) is 4.79 Å². The van der Waals surface area contributed by atoms with E-state index in [1.807, 2.05) is 0 Å². The molecular formula is C8H14N2O. The number of hydrogen-bond acceptors (Lipinski definition) is 2. The molecule has 0 bridgehead atoms. The van der Waals surface area contributed by atoms with Gasteiger partial charge in [0.1, 0.15) is 0 Å². The van der Waals surface area contributed by atoms with Crippen molar-refractivity contribution in [1.82, 2.24) is 5.32 Å². The Hall–Kier alpha value is -0.990. The van der Waals surface area contributed by atoms with E-state index in [4.69, 9.17) is 5.73 Å². The van der Waals surface area contributed by atoms with Crippen LogP contribution in [0.15, 0.2) is 11.8 Å². The topological polar surface area (TPSA) is 55.1 Å². The molecule has 0 unspecified atom stereocenters. The molecule has 0 aromatic rings. The standard InChI is InChI=1S/C8H14N2O/c1-5(2)6-4-10-8(11)3-7(6)9/h3,5-6H,4,9H2,1-2H3,(H,10,11)/t6-/m0/s1. The second kappa shape index (κ2) is 2.95. The Morgan fingerprint density at radius 1 is 1.73 bits per heavy atom. The Kier molecular flexibility index (Phi) is 2.17. The van der Waals surface area contributed by atoms with E-state index in [-0.39, 0.29) is 5.91 Å². The number of amides is 1. The van der Waals surface area contributed by atoms with Crippen LogP contribution in [0.1, 0.15) is 13.8 Å². The van der Waals surface area contributed by atoms with Gasteiger partial charge in [-0.05, 0) is 5.92 Å². The highest BCUT2D eigenvalue weighted by Crippen LogP contribution is 2.17. The van der Waals surface area contributed by atoms with Gasteiger partial charge >= 0.3 is 0 Å². The van der Waals surface area contributed by atoms with Crippen LogP contribution in [0.25, 0.3) is 0 Å². The molecule has 11 heavy (non-hydrogen) atoms. The predicted molar refractivity (Wildman–Crippen MR) is 43.6 cm³/mol. The summed E-state index contributed by atoms with van der Waals surface area (Å²) < 4.78 is 0. The Labute approximate surface area is 66.6 Å². The summed E-state index contributed by atoms with van der Waals surface area (Å²) in [6, 6.07) is 0. The maximum atomic E-state index is 10.8. The van der Waals surface area contributed by atoms with Crippen molar-refractivity contribution < 1.29 is 4.79 Å². The third kappa shape index (κ3) is 1.73. The molecule has 1 aliphatic rings. The van der Waals surface area contributed by atoms with Gasteiger partial charge in [0.2, 0.25) is 5.91 Å². The largest absolute Gasteiger partial charge is 0.402 e. The van der Waals surface area contributed by atoms with E-state index in [0.717, 1.165) is 0 Å². The molecule has 3 N–H and O–H groups in total. The zero-order valence-electron chi connectivity index (χ0n) is 6.92. The molecule has 3 heteroatoms. The highest BCUT2D eigenvalue weighted by atomic mass is 16.1. The molecule has 1 rings (SSSR count). The summed E-state index contributed by atoms with van der Waals surface area (Å²) in [5, 5.41) is 2.75. The van der Waals surface area contributed by atoms with Gasteiger partial charge in [0.25, 0.3) is 0 Å². The molecule has 0 fully saturated rings. The van der Waals surface area contributed by atoms with Gasteiger partial charge < -0.3 is 11.1 Å². The summed E-state index contributed by atoms with van der Waals surface area (Å²) in [4.78, 5) is 10.8. The molecule has 0 aromatic heterocycles. The van der Waals surface area contributed by atoms with E-state index >= 15 is 0 Å². The molecule has 1 aliphatic heterocycles. The fraction of sp³-hybridized carbons (Fsp3) is 0.625. The number of carbonyl (C=O) groups is 1. The first-order valence-electron chi connectivity index (χ1n) is 3.86. The maximum Gasteiger partial charge on any atom is 0.245 e. The fourth-order valence-electron chi connectivity index (χ4n) is 1.26. The van der Waals surface area contributed by atoms with E-state index in [2.05, 4.69) is 19.2 Å². The van der Waals surface area contributed by atoms with Crippen molar-refractivity contribution in [1.29, 1.82) is 0 Å². The average Bonchev–Trinajstić information content (AvgIpc) is 1.85. The van der Waals surface area contributed by atoms with Crippen molar-refractivity contribution >= 4 is 5.91 Å². The van der Waals surface area contributed by atoms with Gasteiger partial charge in [-0.15, -0.1) is 0 Å². The summed E-state index contributed by atoms with van der Waals surface area (Å²) >= 11 is 0. The van der Waals surface area contributed by atoms with Crippen LogP contribution in [0.2, 0.25) is 0 Å². The second-order valence-corrected chi connectivity index (χ2v) is 3.24. The van der Waals surface area contributed by atoms with Gasteiger partial charge in [-0.3, -0.25) is 4.79 Å². The van der Waals surface area contributed by atoms with Crippen LogP contribution >= 0.6 is 0 Å². The van der Waals surface area contributed by atoms with E-state index in [1.165, 1.54) is 6.08 Å². The molecule has 0 spiro atoms. The van der Waals surface area contributed by atoms with E-state index in [9.17, 15) is 4.79 Å². The first-order valence-corrected chi connectivity index (χ1v) is 3.86. The first-order chi connectivity index (χ1) is 5.11. The lowest BCUT2D eigenvalue weighted by Gasteiger charge is -2.24. The third-order valence-corrected chi connectivity index (χ3v) is 2.03. The summed E-state index contributed by atoms with van der Waals surface area (Å²) in [6.45, 7) is 4.88. The zero-order chi connectivity index (χ0) is 8.43. The summed E-state index contributed by atoms with van der Waals surface area (Å²) in [6.07, 6.45) is 1.48. The maximum absolute atomic E-state index is 10.8. The SMILES string of the molecule is CC(C)[C@@H]1CNC(=O)C=C1N. The summed E-state index contributed by atoms with van der Waals surface area (Å²) in [5.74, 6) is 0.735. The summed E-state index contributed by atoms with van der Waals surface area (Å²) in [5.41, 5.74) is 6.38. The molecule has 0 aromatic carbocycles. The zero-order valence-corrected chi connectivity index (χ0v) is 6.92. The van der Waals surface area contributed by atoms with Crippen LogP contribution < -0.4 is 11.1 Å². The smallest absolute Gasteiger partial charge is 0.245 e. The monoisotopic (exact) mass is 154 g/mol. The van der Waals surface area contributed by atoms with E-state index in [1.54, 1.807) is 0 Å². The van der Waals surface area contributed by atoms with Crippen molar-refractivity contribution in [3.05, 3.63) is 11.8 Å². The normalized spacial score (nSPS) is 24.8. The van der Waals surface area contributed by atoms with Crippen molar-refractivity contribution in [2.24, 2.45) is 17.6 Å². The Bertz CT molecular complexity index is 196. The lowest BCUT2D eigenvalue weighted by Crippen LogP contribution is -2.38. The van der Waals surface area contributed by atoms with Crippen molar-refractivity contribution in [3.63, 3.8) is 0 Å². The number of nitrogens with one attached hydrogen (secondary N) is 1. The van der Waals surface area contributed by atoms with Gasteiger partial charge in [-0.2, -0.15) is 0 Å². The van der Waals surface area contributed by atoms with E-state index < -0.39 is 0 Å². The fourth-order valence-corrected chi connectivity index (χ4v) is 1.26. The summed E-state index contributed by atoms with van der Waals surface area (Å²) in [7, 11) is 0. The highest BCUT2D eigenvalue weighted by Gasteiger charge is 2.21. The van der Waals surface area contributed by atoms with Crippen molar-refractivity contribution in [2.45, 2.75) is 13.8 Å². The molecule has 1 heterocycles. The lowest BCUT2D eigenvalue weighted by atomic mass is 9.90. The molecule has 0 radical (unpaired) electrons. The second-order valence-electron chi connectivity index (χ2n) is 3.24. The van der Waals surface area contributed by atoms with Gasteiger partial charge in [0.15, 0.2) is 0 Å². The van der Waals surface area contributed by atoms with Gasteiger partial charge in [0, 0.05) is 24.2 Å². The highest BCUT2D eigenvalue weighted by molar-refractivity contribution is 5.89. The Balaban J connectivity index is 2.72. The number of carbonyl (C=O) groups excluding carboxylic acids is 1. The molecule has 62 valence electrons. The molecule has 0 saturated carbocycles. The van der Waals surface area contributed by atoms with Gasteiger partial charge in [-0.25, -0.2) is 0 Å². The van der Waals surface area contributed by atoms with Crippen LogP contribution in [0.5, 0.6) is 0 Å². The van der Waals surface area contributed by atoms with Crippen LogP contribution in [0.4, 0.5) is 0 Å². The molecule has 1 amide bonds. The Morgan fingerprint density at radius 2 is 2.36 bits per heavy atom. The molecule has 1 atom stereocenters. The van der Waals surface area contributed by atoms with Crippen molar-refractivity contribution in [2.75, 3.05) is 6.54 Å². The van der Waals surface area contributed by atoms with Crippen molar-refractivity contribution in [3.8, 4) is 0 Å². The number of hydrogen-bond donors (Lipinski definition) is 2.